The van der Waals surface area contributed by atoms with E-state index >= 15 is 0 Å². The number of halogens is 1. The second-order valence-electron chi connectivity index (χ2n) is 5.35. The third kappa shape index (κ3) is 2.65. The molecule has 7 heteroatoms. The summed E-state index contributed by atoms with van der Waals surface area (Å²) < 4.78 is 26.6. The molecule has 3 rings (SSSR count). The lowest BCUT2D eigenvalue weighted by molar-refractivity contribution is 0.180. The molecule has 0 radical (unpaired) electrons. The molecule has 2 N–H and O–H groups in total. The van der Waals surface area contributed by atoms with Crippen molar-refractivity contribution in [1.82, 2.24) is 9.21 Å². The van der Waals surface area contributed by atoms with Gasteiger partial charge in [-0.2, -0.15) is 4.31 Å². The van der Waals surface area contributed by atoms with Crippen LogP contribution in [0.2, 0.25) is 5.02 Å². The Balaban J connectivity index is 1.76. The summed E-state index contributed by atoms with van der Waals surface area (Å²) in [4.78, 5) is 2.60. The molecule has 20 heavy (non-hydrogen) atoms. The zero-order valence-electron chi connectivity index (χ0n) is 11.1. The molecule has 2 fully saturated rings. The minimum Gasteiger partial charge on any atom is -0.398 e. The van der Waals surface area contributed by atoms with Crippen LogP contribution in [-0.2, 0) is 10.0 Å². The van der Waals surface area contributed by atoms with Gasteiger partial charge in [-0.05, 0) is 31.0 Å². The molecule has 5 nitrogen and oxygen atoms in total. The van der Waals surface area contributed by atoms with Gasteiger partial charge >= 0.3 is 0 Å². The van der Waals surface area contributed by atoms with Crippen molar-refractivity contribution in [3.63, 3.8) is 0 Å². The largest absolute Gasteiger partial charge is 0.398 e. The zero-order valence-corrected chi connectivity index (χ0v) is 12.7. The fourth-order valence-corrected chi connectivity index (χ4v) is 4.26. The first-order valence-electron chi connectivity index (χ1n) is 6.78. The molecule has 1 aliphatic heterocycles. The maximum absolute atomic E-state index is 12.6. The number of nitrogen functional groups attached to an aromatic ring is 1. The van der Waals surface area contributed by atoms with Gasteiger partial charge in [0.1, 0.15) is 0 Å². The van der Waals surface area contributed by atoms with E-state index < -0.39 is 10.0 Å². The number of piperazine rings is 1. The van der Waals surface area contributed by atoms with Gasteiger partial charge in [-0.3, -0.25) is 4.90 Å². The number of anilines is 1. The van der Waals surface area contributed by atoms with Crippen LogP contribution in [-0.4, -0.2) is 49.8 Å². The second-order valence-corrected chi connectivity index (χ2v) is 7.70. The van der Waals surface area contributed by atoms with Gasteiger partial charge in [-0.25, -0.2) is 8.42 Å². The topological polar surface area (TPSA) is 66.6 Å². The minimum atomic E-state index is -3.46. The minimum absolute atomic E-state index is 0.219. The number of rotatable bonds is 3. The summed E-state index contributed by atoms with van der Waals surface area (Å²) in [5.74, 6) is 0. The van der Waals surface area contributed by atoms with Gasteiger partial charge in [0.15, 0.2) is 0 Å². The molecular formula is C13H18ClN3O2S. The molecule has 1 aromatic rings. The number of nitrogens with two attached hydrogens (primary N) is 1. The average Bonchev–Trinajstić information content (AvgIpc) is 3.26. The van der Waals surface area contributed by atoms with Crippen LogP contribution in [0.1, 0.15) is 12.8 Å². The Kier molecular flexibility index (Phi) is 3.66. The first-order chi connectivity index (χ1) is 9.48. The summed E-state index contributed by atoms with van der Waals surface area (Å²) in [5, 5.41) is 0.280. The molecule has 1 aromatic carbocycles. The SMILES string of the molecule is Nc1ccc(S(=O)(=O)N2CCN(C3CC3)CC2)cc1Cl. The summed E-state index contributed by atoms with van der Waals surface area (Å²) in [6.07, 6.45) is 2.50. The van der Waals surface area contributed by atoms with Gasteiger partial charge in [0.2, 0.25) is 10.0 Å². The van der Waals surface area contributed by atoms with Crippen molar-refractivity contribution in [3.05, 3.63) is 23.2 Å². The predicted octanol–water partition coefficient (Wildman–Crippen LogP) is 1.39. The van der Waals surface area contributed by atoms with Gasteiger partial charge in [0.05, 0.1) is 15.6 Å². The van der Waals surface area contributed by atoms with Crippen molar-refractivity contribution in [3.8, 4) is 0 Å². The van der Waals surface area contributed by atoms with E-state index in [4.69, 9.17) is 17.3 Å². The molecule has 0 spiro atoms. The summed E-state index contributed by atoms with van der Waals surface area (Å²) in [7, 11) is -3.46. The van der Waals surface area contributed by atoms with E-state index in [0.29, 0.717) is 24.8 Å². The first kappa shape index (κ1) is 14.1. The number of nitrogens with zero attached hydrogens (tertiary/aromatic N) is 2. The van der Waals surface area contributed by atoms with Crippen molar-refractivity contribution in [1.29, 1.82) is 0 Å². The fourth-order valence-electron chi connectivity index (χ4n) is 2.57. The van der Waals surface area contributed by atoms with Gasteiger partial charge in [-0.15, -0.1) is 0 Å². The Labute approximate surface area is 124 Å². The van der Waals surface area contributed by atoms with Gasteiger partial charge in [-0.1, -0.05) is 11.6 Å². The van der Waals surface area contributed by atoms with Crippen LogP contribution in [0, 0.1) is 0 Å². The third-order valence-electron chi connectivity index (χ3n) is 3.95. The van der Waals surface area contributed by atoms with Crippen LogP contribution in [0.5, 0.6) is 0 Å². The maximum atomic E-state index is 12.6. The number of hydrogen-bond donors (Lipinski definition) is 1. The molecule has 0 bridgehead atoms. The van der Waals surface area contributed by atoms with Crippen molar-refractivity contribution < 1.29 is 8.42 Å². The zero-order chi connectivity index (χ0) is 14.3. The van der Waals surface area contributed by atoms with Crippen molar-refractivity contribution in [2.45, 2.75) is 23.8 Å². The van der Waals surface area contributed by atoms with Crippen molar-refractivity contribution in [2.24, 2.45) is 0 Å². The molecule has 1 heterocycles. The van der Waals surface area contributed by atoms with E-state index in [2.05, 4.69) is 4.90 Å². The Hall–Kier alpha value is -0.820. The highest BCUT2D eigenvalue weighted by Crippen LogP contribution is 2.29. The molecular weight excluding hydrogens is 298 g/mol. The molecule has 0 unspecified atom stereocenters. The molecule has 0 amide bonds. The Bertz CT molecular complexity index is 608. The standard InChI is InChI=1S/C13H18ClN3O2S/c14-12-9-11(3-4-13(12)15)20(18,19)17-7-5-16(6-8-17)10-1-2-10/h3-4,9-10H,1-2,5-8,15H2. The number of hydrogen-bond acceptors (Lipinski definition) is 4. The summed E-state index contributed by atoms with van der Waals surface area (Å²) >= 11 is 5.92. The van der Waals surface area contributed by atoms with E-state index in [1.165, 1.54) is 35.3 Å². The molecule has 110 valence electrons. The van der Waals surface area contributed by atoms with E-state index in [9.17, 15) is 8.42 Å². The smallest absolute Gasteiger partial charge is 0.243 e. The number of sulfonamides is 1. The maximum Gasteiger partial charge on any atom is 0.243 e. The number of benzene rings is 1. The quantitative estimate of drug-likeness (QED) is 0.856. The van der Waals surface area contributed by atoms with Gasteiger partial charge < -0.3 is 5.73 Å². The van der Waals surface area contributed by atoms with Gasteiger partial charge in [0, 0.05) is 32.2 Å². The molecule has 0 atom stereocenters. The van der Waals surface area contributed by atoms with Crippen LogP contribution in [0.3, 0.4) is 0 Å². The van der Waals surface area contributed by atoms with E-state index in [0.717, 1.165) is 13.1 Å². The Morgan fingerprint density at radius 2 is 1.80 bits per heavy atom. The summed E-state index contributed by atoms with van der Waals surface area (Å²) in [6.45, 7) is 2.71. The lowest BCUT2D eigenvalue weighted by atomic mass is 10.3. The Morgan fingerprint density at radius 3 is 2.35 bits per heavy atom. The molecule has 0 aromatic heterocycles. The monoisotopic (exact) mass is 315 g/mol. The van der Waals surface area contributed by atoms with E-state index in [1.807, 2.05) is 0 Å². The lowest BCUT2D eigenvalue weighted by Crippen LogP contribution is -2.49. The lowest BCUT2D eigenvalue weighted by Gasteiger charge is -2.34. The molecule has 1 saturated heterocycles. The highest BCUT2D eigenvalue weighted by Gasteiger charge is 2.34. The van der Waals surface area contributed by atoms with Crippen LogP contribution in [0.25, 0.3) is 0 Å². The van der Waals surface area contributed by atoms with E-state index in [-0.39, 0.29) is 9.92 Å². The van der Waals surface area contributed by atoms with Crippen LogP contribution < -0.4 is 5.73 Å². The molecule has 1 aliphatic carbocycles. The normalized spacial score (nSPS) is 22.1. The van der Waals surface area contributed by atoms with Gasteiger partial charge in [0.25, 0.3) is 0 Å². The first-order valence-corrected chi connectivity index (χ1v) is 8.59. The summed E-state index contributed by atoms with van der Waals surface area (Å²) in [5.41, 5.74) is 6.01. The van der Waals surface area contributed by atoms with Crippen LogP contribution >= 0.6 is 11.6 Å². The summed E-state index contributed by atoms with van der Waals surface area (Å²) in [6, 6.07) is 5.17. The fraction of sp³-hybridized carbons (Fsp3) is 0.538. The van der Waals surface area contributed by atoms with Crippen LogP contribution in [0.15, 0.2) is 23.1 Å². The second kappa shape index (κ2) is 5.18. The average molecular weight is 316 g/mol. The van der Waals surface area contributed by atoms with Crippen LogP contribution in [0.4, 0.5) is 5.69 Å². The predicted molar refractivity (Wildman–Crippen MR) is 79.2 cm³/mol. The highest BCUT2D eigenvalue weighted by atomic mass is 35.5. The van der Waals surface area contributed by atoms with Crippen molar-refractivity contribution >= 4 is 27.3 Å². The molecule has 2 aliphatic rings. The highest BCUT2D eigenvalue weighted by molar-refractivity contribution is 7.89. The van der Waals surface area contributed by atoms with Crippen molar-refractivity contribution in [2.75, 3.05) is 31.9 Å². The molecule has 1 saturated carbocycles. The van der Waals surface area contributed by atoms with E-state index in [1.54, 1.807) is 0 Å². The third-order valence-corrected chi connectivity index (χ3v) is 6.17. The Morgan fingerprint density at radius 1 is 1.15 bits per heavy atom.